The van der Waals surface area contributed by atoms with Crippen molar-refractivity contribution in [2.75, 3.05) is 20.1 Å². The second-order valence-corrected chi connectivity index (χ2v) is 13.3. The summed E-state index contributed by atoms with van der Waals surface area (Å²) in [6, 6.07) is 8.73. The molecule has 1 saturated carbocycles. The number of ether oxygens (including phenoxy) is 2. The monoisotopic (exact) mass is 572 g/mol. The minimum atomic E-state index is -4.16. The molecule has 5 rings (SSSR count). The smallest absolute Gasteiger partial charge is 0.410 e. The maximum absolute atomic E-state index is 14.8. The molecule has 0 spiro atoms. The fraction of sp³-hybridized carbons (Fsp3) is 0.464. The van der Waals surface area contributed by atoms with Crippen LogP contribution in [0.5, 0.6) is 5.75 Å². The third-order valence-electron chi connectivity index (χ3n) is 7.24. The quantitative estimate of drug-likeness (QED) is 0.457. The van der Waals surface area contributed by atoms with Gasteiger partial charge in [-0.1, -0.05) is 6.07 Å². The summed E-state index contributed by atoms with van der Waals surface area (Å²) in [6.07, 6.45) is 2.86. The van der Waals surface area contributed by atoms with Crippen LogP contribution in [0.2, 0.25) is 0 Å². The maximum atomic E-state index is 14.8. The van der Waals surface area contributed by atoms with Crippen LogP contribution in [0, 0.1) is 5.82 Å². The number of H-pyrrole nitrogens is 1. The summed E-state index contributed by atoms with van der Waals surface area (Å²) < 4.78 is 53.9. The highest BCUT2D eigenvalue weighted by molar-refractivity contribution is 7.89. The number of carbonyl (C=O) groups is 1. The lowest BCUT2D eigenvalue weighted by atomic mass is 9.96. The van der Waals surface area contributed by atoms with E-state index in [1.165, 1.54) is 17.0 Å². The molecule has 1 aliphatic carbocycles. The Morgan fingerprint density at radius 3 is 2.52 bits per heavy atom. The zero-order valence-electron chi connectivity index (χ0n) is 22.9. The van der Waals surface area contributed by atoms with E-state index in [9.17, 15) is 22.4 Å². The van der Waals surface area contributed by atoms with Crippen molar-refractivity contribution < 1.29 is 27.1 Å². The maximum Gasteiger partial charge on any atom is 0.410 e. The molecule has 1 amide bonds. The number of aromatic amines is 1. The molecule has 2 fully saturated rings. The average Bonchev–Trinajstić information content (AvgIpc) is 2.82. The number of rotatable bonds is 7. The zero-order valence-corrected chi connectivity index (χ0v) is 23.8. The number of benzene rings is 2. The Kier molecular flexibility index (Phi) is 7.34. The fourth-order valence-corrected chi connectivity index (χ4v) is 6.25. The van der Waals surface area contributed by atoms with E-state index >= 15 is 0 Å². The Labute approximate surface area is 232 Å². The molecule has 3 aromatic rings. The minimum absolute atomic E-state index is 0.0254. The normalized spacial score (nSPS) is 16.8. The number of amides is 1. The van der Waals surface area contributed by atoms with Gasteiger partial charge in [0.05, 0.1) is 23.2 Å². The van der Waals surface area contributed by atoms with Crippen molar-refractivity contribution in [1.29, 1.82) is 0 Å². The van der Waals surface area contributed by atoms with Crippen LogP contribution in [0.1, 0.15) is 51.3 Å². The van der Waals surface area contributed by atoms with Crippen molar-refractivity contribution in [2.45, 2.75) is 69.1 Å². The predicted molar refractivity (Wildman–Crippen MR) is 146 cm³/mol. The highest BCUT2D eigenvalue weighted by atomic mass is 32.2. The van der Waals surface area contributed by atoms with Gasteiger partial charge >= 0.3 is 6.09 Å². The van der Waals surface area contributed by atoms with Gasteiger partial charge in [-0.25, -0.2) is 22.7 Å². The Bertz CT molecular complexity index is 1610. The number of hydrogen-bond donors (Lipinski definition) is 1. The van der Waals surface area contributed by atoms with Crippen molar-refractivity contribution >= 4 is 26.9 Å². The van der Waals surface area contributed by atoms with E-state index in [1.807, 2.05) is 0 Å². The summed E-state index contributed by atoms with van der Waals surface area (Å²) >= 11 is 0. The lowest BCUT2D eigenvalue weighted by Gasteiger charge is -2.42. The molecule has 1 aliphatic heterocycles. The third kappa shape index (κ3) is 5.68. The van der Waals surface area contributed by atoms with Crippen molar-refractivity contribution in [3.05, 3.63) is 63.8 Å². The Balaban J connectivity index is 1.35. The molecule has 10 nitrogen and oxygen atoms in total. The molecular weight excluding hydrogens is 539 g/mol. The molecule has 2 aromatic carbocycles. The van der Waals surface area contributed by atoms with Crippen molar-refractivity contribution in [3.8, 4) is 5.75 Å². The molecule has 40 heavy (non-hydrogen) atoms. The first-order chi connectivity index (χ1) is 18.8. The highest BCUT2D eigenvalue weighted by Crippen LogP contribution is 2.30. The molecule has 214 valence electrons. The summed E-state index contributed by atoms with van der Waals surface area (Å²) in [5, 5.41) is 7.72. The highest BCUT2D eigenvalue weighted by Gasteiger charge is 2.42. The second kappa shape index (κ2) is 10.5. The largest absolute Gasteiger partial charge is 0.490 e. The van der Waals surface area contributed by atoms with E-state index in [-0.39, 0.29) is 37.2 Å². The summed E-state index contributed by atoms with van der Waals surface area (Å²) in [4.78, 5) is 25.6. The van der Waals surface area contributed by atoms with Gasteiger partial charge in [-0.2, -0.15) is 9.40 Å². The molecule has 0 unspecified atom stereocenters. The first-order valence-electron chi connectivity index (χ1n) is 13.2. The first kappa shape index (κ1) is 28.0. The number of fused-ring (bicyclic) bond motifs is 1. The first-order valence-corrected chi connectivity index (χ1v) is 14.7. The van der Waals surface area contributed by atoms with E-state index in [0.717, 1.165) is 29.6 Å². The second-order valence-electron chi connectivity index (χ2n) is 11.4. The van der Waals surface area contributed by atoms with Crippen LogP contribution >= 0.6 is 0 Å². The molecule has 2 aliphatic rings. The van der Waals surface area contributed by atoms with Gasteiger partial charge in [-0.15, -0.1) is 0 Å². The lowest BCUT2D eigenvalue weighted by Crippen LogP contribution is -2.61. The zero-order chi connectivity index (χ0) is 28.8. The number of hydrogen-bond acceptors (Lipinski definition) is 7. The molecule has 1 aromatic heterocycles. The summed E-state index contributed by atoms with van der Waals surface area (Å²) in [6.45, 7) is 5.30. The van der Waals surface area contributed by atoms with Crippen molar-refractivity contribution in [1.82, 2.24) is 19.4 Å². The number of carbonyl (C=O) groups excluding carboxylic acids is 1. The van der Waals surface area contributed by atoms with Gasteiger partial charge < -0.3 is 14.4 Å². The van der Waals surface area contributed by atoms with Crippen molar-refractivity contribution in [2.24, 2.45) is 0 Å². The van der Waals surface area contributed by atoms with Crippen LogP contribution in [0.15, 0.2) is 46.1 Å². The van der Waals surface area contributed by atoms with Crippen LogP contribution in [-0.2, 0) is 21.2 Å². The number of nitrogens with zero attached hydrogens (tertiary/aromatic N) is 3. The van der Waals surface area contributed by atoms with Crippen LogP contribution in [0.3, 0.4) is 0 Å². The molecular formula is C28H33FN4O6S. The Morgan fingerprint density at radius 1 is 1.15 bits per heavy atom. The Hall–Kier alpha value is -3.51. The van der Waals surface area contributed by atoms with Crippen LogP contribution in [0.25, 0.3) is 10.8 Å². The molecule has 12 heteroatoms. The Morgan fingerprint density at radius 2 is 1.88 bits per heavy atom. The van der Waals surface area contributed by atoms with Gasteiger partial charge in [0.15, 0.2) is 0 Å². The van der Waals surface area contributed by atoms with E-state index in [2.05, 4.69) is 10.2 Å². The number of likely N-dealkylation sites (N-methyl/N-ethyl adjacent to an activating group) is 1. The van der Waals surface area contributed by atoms with Crippen LogP contribution in [0.4, 0.5) is 9.18 Å². The predicted octanol–water partition coefficient (Wildman–Crippen LogP) is 3.82. The van der Waals surface area contributed by atoms with Gasteiger partial charge in [-0.05, 0) is 75.9 Å². The van der Waals surface area contributed by atoms with Gasteiger partial charge in [0.25, 0.3) is 5.56 Å². The van der Waals surface area contributed by atoms with E-state index < -0.39 is 32.4 Å². The van der Waals surface area contributed by atoms with Gasteiger partial charge in [-0.3, -0.25) is 4.79 Å². The van der Waals surface area contributed by atoms with Gasteiger partial charge in [0.2, 0.25) is 10.0 Å². The van der Waals surface area contributed by atoms with Gasteiger partial charge in [0, 0.05) is 31.9 Å². The minimum Gasteiger partial charge on any atom is -0.490 e. The average molecular weight is 573 g/mol. The van der Waals surface area contributed by atoms with Crippen molar-refractivity contribution in [3.63, 3.8) is 0 Å². The standard InChI is InChI=1S/C28H33FN4O6S/c1-28(2,3)39-27(35)32(4)18-15-33(16-18)40(36,37)25-13-17(8-11-23(25)29)12-24-22-14-20(38-19-6-5-7-19)9-10-21(22)26(34)31-30-24/h8-11,13-14,18-19H,5-7,12,15-16H2,1-4H3,(H,31,34). The molecule has 1 saturated heterocycles. The van der Waals surface area contributed by atoms with Gasteiger partial charge in [0.1, 0.15) is 22.1 Å². The molecule has 1 N–H and O–H groups in total. The van der Waals surface area contributed by atoms with E-state index in [4.69, 9.17) is 9.47 Å². The van der Waals surface area contributed by atoms with Crippen LogP contribution < -0.4 is 10.3 Å². The van der Waals surface area contributed by atoms with E-state index in [0.29, 0.717) is 27.8 Å². The van der Waals surface area contributed by atoms with Crippen LogP contribution in [-0.4, -0.2) is 71.8 Å². The van der Waals surface area contributed by atoms with E-state index in [1.54, 1.807) is 46.0 Å². The number of sulfonamides is 1. The topological polar surface area (TPSA) is 122 Å². The fourth-order valence-electron chi connectivity index (χ4n) is 4.62. The number of halogens is 1. The summed E-state index contributed by atoms with van der Waals surface area (Å²) in [5.41, 5.74) is -0.0117. The number of aromatic nitrogens is 2. The lowest BCUT2D eigenvalue weighted by molar-refractivity contribution is 0.00905. The molecule has 2 heterocycles. The summed E-state index contributed by atoms with van der Waals surface area (Å²) in [5.74, 6) is -0.236. The molecule has 0 atom stereocenters. The molecule has 0 bridgehead atoms. The number of nitrogens with one attached hydrogen (secondary N) is 1. The SMILES string of the molecule is CN(C(=O)OC(C)(C)C)C1CN(S(=O)(=O)c2cc(Cc3n[nH]c(=O)c4ccc(OC5CCC5)cc34)ccc2F)C1. The molecule has 0 radical (unpaired) electrons. The third-order valence-corrected chi connectivity index (χ3v) is 9.08. The summed E-state index contributed by atoms with van der Waals surface area (Å²) in [7, 11) is -2.61.